The summed E-state index contributed by atoms with van der Waals surface area (Å²) >= 11 is 0. The molecule has 0 amide bonds. The highest BCUT2D eigenvalue weighted by atomic mass is 16.5. The van der Waals surface area contributed by atoms with Gasteiger partial charge in [-0.2, -0.15) is 0 Å². The van der Waals surface area contributed by atoms with Gasteiger partial charge in [0, 0.05) is 18.8 Å². The van der Waals surface area contributed by atoms with Crippen LogP contribution in [0.15, 0.2) is 18.3 Å². The third-order valence-corrected chi connectivity index (χ3v) is 4.37. The molecule has 2 saturated heterocycles. The highest BCUT2D eigenvalue weighted by Crippen LogP contribution is 2.34. The summed E-state index contributed by atoms with van der Waals surface area (Å²) in [7, 11) is 0. The second kappa shape index (κ2) is 5.14. The van der Waals surface area contributed by atoms with Crippen molar-refractivity contribution in [3.63, 3.8) is 0 Å². The van der Waals surface area contributed by atoms with Crippen LogP contribution >= 0.6 is 0 Å². The van der Waals surface area contributed by atoms with Crippen LogP contribution in [0.5, 0.6) is 0 Å². The van der Waals surface area contributed by atoms with Crippen LogP contribution in [-0.2, 0) is 4.74 Å². The van der Waals surface area contributed by atoms with Gasteiger partial charge in [0.15, 0.2) is 5.65 Å². The van der Waals surface area contributed by atoms with E-state index >= 15 is 0 Å². The van der Waals surface area contributed by atoms with E-state index in [1.165, 1.54) is 0 Å². The molecule has 0 radical (unpaired) electrons. The Balaban J connectivity index is 1.83. The molecule has 2 aliphatic heterocycles. The lowest BCUT2D eigenvalue weighted by molar-refractivity contribution is 0.0998. The summed E-state index contributed by atoms with van der Waals surface area (Å²) in [6.07, 6.45) is 6.51. The van der Waals surface area contributed by atoms with Gasteiger partial charge in [0.25, 0.3) is 0 Å². The second-order valence-corrected chi connectivity index (χ2v) is 5.67. The molecule has 2 aromatic heterocycles. The van der Waals surface area contributed by atoms with Gasteiger partial charge in [-0.25, -0.2) is 9.97 Å². The quantitative estimate of drug-likeness (QED) is 0.910. The predicted molar refractivity (Wildman–Crippen MR) is 76.6 cm³/mol. The molecular formula is C15H20N4O. The lowest BCUT2D eigenvalue weighted by Gasteiger charge is -2.26. The Hall–Kier alpha value is -1.46. The van der Waals surface area contributed by atoms with Crippen LogP contribution < -0.4 is 5.32 Å². The van der Waals surface area contributed by atoms with E-state index in [9.17, 15) is 0 Å². The Bertz CT molecular complexity index is 597. The molecule has 106 valence electrons. The van der Waals surface area contributed by atoms with Crippen molar-refractivity contribution in [1.29, 1.82) is 0 Å². The standard InChI is InChI=1S/C15H20N4O/c1-3-12-14(17-7-1)19(11-5-8-16-9-6-11)15(18-12)13-4-2-10-20-13/h1,3,7,11,13,16H,2,4-6,8-10H2/t13-/m0/s1. The lowest BCUT2D eigenvalue weighted by atomic mass is 10.1. The first-order valence-corrected chi connectivity index (χ1v) is 7.58. The van der Waals surface area contributed by atoms with E-state index < -0.39 is 0 Å². The van der Waals surface area contributed by atoms with Crippen LogP contribution in [0.4, 0.5) is 0 Å². The number of hydrogen-bond donors (Lipinski definition) is 1. The van der Waals surface area contributed by atoms with Gasteiger partial charge in [-0.05, 0) is 50.9 Å². The fraction of sp³-hybridized carbons (Fsp3) is 0.600. The second-order valence-electron chi connectivity index (χ2n) is 5.67. The SMILES string of the molecule is c1cnc2c(c1)nc([C@@H]1CCCO1)n2C1CCNCC1. The minimum atomic E-state index is 0.152. The summed E-state index contributed by atoms with van der Waals surface area (Å²) in [5.41, 5.74) is 2.02. The van der Waals surface area contributed by atoms with Crippen molar-refractivity contribution >= 4 is 11.2 Å². The van der Waals surface area contributed by atoms with Crippen LogP contribution in [0.25, 0.3) is 11.2 Å². The summed E-state index contributed by atoms with van der Waals surface area (Å²) in [5, 5.41) is 3.43. The van der Waals surface area contributed by atoms with Gasteiger partial charge in [-0.15, -0.1) is 0 Å². The van der Waals surface area contributed by atoms with Crippen molar-refractivity contribution in [2.24, 2.45) is 0 Å². The first-order valence-electron chi connectivity index (χ1n) is 7.58. The van der Waals surface area contributed by atoms with E-state index in [1.54, 1.807) is 0 Å². The molecule has 0 aliphatic carbocycles. The number of fused-ring (bicyclic) bond motifs is 1. The molecule has 5 heteroatoms. The first kappa shape index (κ1) is 12.3. The molecule has 0 saturated carbocycles. The third-order valence-electron chi connectivity index (χ3n) is 4.37. The summed E-state index contributed by atoms with van der Waals surface area (Å²) in [6, 6.07) is 4.51. The molecule has 20 heavy (non-hydrogen) atoms. The number of pyridine rings is 1. The molecule has 1 N–H and O–H groups in total. The smallest absolute Gasteiger partial charge is 0.160 e. The van der Waals surface area contributed by atoms with Crippen LogP contribution in [0.2, 0.25) is 0 Å². The van der Waals surface area contributed by atoms with Gasteiger partial charge in [-0.3, -0.25) is 0 Å². The molecule has 1 atom stereocenters. The highest BCUT2D eigenvalue weighted by molar-refractivity contribution is 5.71. The number of nitrogens with one attached hydrogen (secondary N) is 1. The first-order chi connectivity index (χ1) is 9.93. The summed E-state index contributed by atoms with van der Waals surface area (Å²) < 4.78 is 8.23. The Morgan fingerprint density at radius 3 is 2.95 bits per heavy atom. The van der Waals surface area contributed by atoms with E-state index in [-0.39, 0.29) is 6.10 Å². The van der Waals surface area contributed by atoms with Gasteiger partial charge in [0.2, 0.25) is 0 Å². The van der Waals surface area contributed by atoms with Crippen LogP contribution in [0, 0.1) is 0 Å². The number of hydrogen-bond acceptors (Lipinski definition) is 4. The van der Waals surface area contributed by atoms with Gasteiger partial charge in [-0.1, -0.05) is 0 Å². The fourth-order valence-electron chi connectivity index (χ4n) is 3.38. The highest BCUT2D eigenvalue weighted by Gasteiger charge is 2.28. The Morgan fingerprint density at radius 1 is 1.25 bits per heavy atom. The molecule has 2 fully saturated rings. The summed E-state index contributed by atoms with van der Waals surface area (Å²) in [6.45, 7) is 3.00. The number of nitrogens with zero attached hydrogens (tertiary/aromatic N) is 3. The van der Waals surface area contributed by atoms with E-state index in [2.05, 4.69) is 20.9 Å². The fourth-order valence-corrected chi connectivity index (χ4v) is 3.38. The van der Waals surface area contributed by atoms with Crippen molar-refractivity contribution in [1.82, 2.24) is 19.9 Å². The topological polar surface area (TPSA) is 52.0 Å². The number of ether oxygens (including phenoxy) is 1. The summed E-state index contributed by atoms with van der Waals surface area (Å²) in [5.74, 6) is 1.09. The van der Waals surface area contributed by atoms with Crippen molar-refractivity contribution < 1.29 is 4.74 Å². The minimum Gasteiger partial charge on any atom is -0.370 e. The Morgan fingerprint density at radius 2 is 2.15 bits per heavy atom. The lowest BCUT2D eigenvalue weighted by Crippen LogP contribution is -2.30. The molecular weight excluding hydrogens is 252 g/mol. The normalized spacial score (nSPS) is 24.5. The zero-order valence-electron chi connectivity index (χ0n) is 11.6. The van der Waals surface area contributed by atoms with Crippen LogP contribution in [-0.4, -0.2) is 34.2 Å². The minimum absolute atomic E-state index is 0.152. The maximum Gasteiger partial charge on any atom is 0.160 e. The molecule has 0 bridgehead atoms. The molecule has 4 heterocycles. The van der Waals surface area contributed by atoms with Gasteiger partial charge < -0.3 is 14.6 Å². The molecule has 5 nitrogen and oxygen atoms in total. The molecule has 4 rings (SSSR count). The van der Waals surface area contributed by atoms with E-state index in [1.807, 2.05) is 12.3 Å². The molecule has 2 aromatic rings. The van der Waals surface area contributed by atoms with Crippen LogP contribution in [0.3, 0.4) is 0 Å². The maximum atomic E-state index is 5.87. The number of aromatic nitrogens is 3. The van der Waals surface area contributed by atoms with E-state index in [4.69, 9.17) is 9.72 Å². The molecule has 0 aromatic carbocycles. The van der Waals surface area contributed by atoms with Gasteiger partial charge in [0.05, 0.1) is 0 Å². The maximum absolute atomic E-state index is 5.87. The molecule has 2 aliphatic rings. The van der Waals surface area contributed by atoms with E-state index in [0.717, 1.165) is 62.4 Å². The zero-order valence-corrected chi connectivity index (χ0v) is 11.6. The zero-order chi connectivity index (χ0) is 13.4. The average Bonchev–Trinajstić information content (AvgIpc) is 3.15. The number of imidazole rings is 1. The van der Waals surface area contributed by atoms with Crippen molar-refractivity contribution in [2.75, 3.05) is 19.7 Å². The van der Waals surface area contributed by atoms with Crippen molar-refractivity contribution in [3.05, 3.63) is 24.2 Å². The molecule has 0 spiro atoms. The summed E-state index contributed by atoms with van der Waals surface area (Å²) in [4.78, 5) is 9.40. The third kappa shape index (κ3) is 2.01. The number of piperidine rings is 1. The largest absolute Gasteiger partial charge is 0.370 e. The van der Waals surface area contributed by atoms with Crippen molar-refractivity contribution in [2.45, 2.75) is 37.8 Å². The Labute approximate surface area is 118 Å². The predicted octanol–water partition coefficient (Wildman–Crippen LogP) is 2.21. The number of rotatable bonds is 2. The Kier molecular flexibility index (Phi) is 3.16. The van der Waals surface area contributed by atoms with Crippen LogP contribution in [0.1, 0.15) is 43.7 Å². The monoisotopic (exact) mass is 272 g/mol. The van der Waals surface area contributed by atoms with E-state index in [0.29, 0.717) is 6.04 Å². The average molecular weight is 272 g/mol. The van der Waals surface area contributed by atoms with Gasteiger partial charge >= 0.3 is 0 Å². The van der Waals surface area contributed by atoms with Crippen molar-refractivity contribution in [3.8, 4) is 0 Å². The van der Waals surface area contributed by atoms with Gasteiger partial charge in [0.1, 0.15) is 17.4 Å². The molecule has 0 unspecified atom stereocenters.